The van der Waals surface area contributed by atoms with Gasteiger partial charge in [0.15, 0.2) is 5.82 Å². The predicted molar refractivity (Wildman–Crippen MR) is 74.9 cm³/mol. The minimum atomic E-state index is 0.459. The third-order valence-corrected chi connectivity index (χ3v) is 4.10. The Hall–Kier alpha value is -0.870. The summed E-state index contributed by atoms with van der Waals surface area (Å²) in [5.74, 6) is 1.39. The van der Waals surface area contributed by atoms with Crippen LogP contribution in [0.2, 0.25) is 5.02 Å². The quantitative estimate of drug-likeness (QED) is 0.912. The Balaban J connectivity index is 2.24. The van der Waals surface area contributed by atoms with E-state index in [0.29, 0.717) is 17.0 Å². The molecule has 2 rings (SSSR count). The van der Waals surface area contributed by atoms with E-state index in [2.05, 4.69) is 21.8 Å². The summed E-state index contributed by atoms with van der Waals surface area (Å²) in [5.41, 5.74) is 5.91. The van der Waals surface area contributed by atoms with Gasteiger partial charge in [-0.25, -0.2) is 9.97 Å². The fourth-order valence-electron chi connectivity index (χ4n) is 2.93. The lowest BCUT2D eigenvalue weighted by Gasteiger charge is -2.40. The zero-order chi connectivity index (χ0) is 13.0. The van der Waals surface area contributed by atoms with Gasteiger partial charge in [-0.15, -0.1) is 0 Å². The van der Waals surface area contributed by atoms with Crippen molar-refractivity contribution in [3.05, 3.63) is 17.5 Å². The van der Waals surface area contributed by atoms with Crippen LogP contribution in [0.5, 0.6) is 0 Å². The SMILES string of the molecule is CCN(c1ncncc1Cl)C1CCCCC1CN. The lowest BCUT2D eigenvalue weighted by molar-refractivity contribution is 0.299. The van der Waals surface area contributed by atoms with Crippen molar-refractivity contribution in [2.75, 3.05) is 18.0 Å². The van der Waals surface area contributed by atoms with Crippen LogP contribution in [0.25, 0.3) is 0 Å². The molecule has 5 heteroatoms. The van der Waals surface area contributed by atoms with Gasteiger partial charge in [0.2, 0.25) is 0 Å². The third kappa shape index (κ3) is 2.75. The smallest absolute Gasteiger partial charge is 0.151 e. The van der Waals surface area contributed by atoms with E-state index >= 15 is 0 Å². The van der Waals surface area contributed by atoms with Crippen LogP contribution in [0.4, 0.5) is 5.82 Å². The lowest BCUT2D eigenvalue weighted by Crippen LogP contribution is -2.45. The zero-order valence-corrected chi connectivity index (χ0v) is 11.6. The van der Waals surface area contributed by atoms with E-state index in [1.807, 2.05) is 0 Å². The summed E-state index contributed by atoms with van der Waals surface area (Å²) in [6, 6.07) is 0.459. The number of nitrogens with zero attached hydrogens (tertiary/aromatic N) is 3. The van der Waals surface area contributed by atoms with Crippen molar-refractivity contribution >= 4 is 17.4 Å². The van der Waals surface area contributed by atoms with Crippen LogP contribution in [0.1, 0.15) is 32.6 Å². The molecule has 1 aliphatic carbocycles. The Bertz CT molecular complexity index is 385. The van der Waals surface area contributed by atoms with Gasteiger partial charge in [0.25, 0.3) is 0 Å². The molecule has 0 bridgehead atoms. The average molecular weight is 269 g/mol. The Morgan fingerprint density at radius 3 is 2.89 bits per heavy atom. The molecule has 0 radical (unpaired) electrons. The number of nitrogens with two attached hydrogens (primary N) is 1. The minimum absolute atomic E-state index is 0.459. The molecule has 1 heterocycles. The number of halogens is 1. The van der Waals surface area contributed by atoms with Gasteiger partial charge >= 0.3 is 0 Å². The maximum Gasteiger partial charge on any atom is 0.151 e. The molecule has 1 aromatic heterocycles. The van der Waals surface area contributed by atoms with Crippen LogP contribution in [0.3, 0.4) is 0 Å². The standard InChI is InChI=1S/C13H21ClN4/c1-2-18(13-11(14)8-16-9-17-13)12-6-4-3-5-10(12)7-15/h8-10,12H,2-7,15H2,1H3. The van der Waals surface area contributed by atoms with Crippen molar-refractivity contribution in [3.63, 3.8) is 0 Å². The molecule has 0 amide bonds. The zero-order valence-electron chi connectivity index (χ0n) is 10.8. The van der Waals surface area contributed by atoms with E-state index in [4.69, 9.17) is 17.3 Å². The van der Waals surface area contributed by atoms with Crippen molar-refractivity contribution in [1.82, 2.24) is 9.97 Å². The second kappa shape index (κ2) is 6.34. The predicted octanol–water partition coefficient (Wildman–Crippen LogP) is 2.47. The summed E-state index contributed by atoms with van der Waals surface area (Å²) in [7, 11) is 0. The number of hydrogen-bond donors (Lipinski definition) is 1. The van der Waals surface area contributed by atoms with Gasteiger partial charge in [-0.2, -0.15) is 0 Å². The van der Waals surface area contributed by atoms with Crippen LogP contribution in [-0.4, -0.2) is 29.1 Å². The molecular weight excluding hydrogens is 248 g/mol. The monoisotopic (exact) mass is 268 g/mol. The summed E-state index contributed by atoms with van der Waals surface area (Å²) >= 11 is 6.21. The second-order valence-corrected chi connectivity index (χ2v) is 5.24. The highest BCUT2D eigenvalue weighted by Crippen LogP contribution is 2.32. The largest absolute Gasteiger partial charge is 0.352 e. The fraction of sp³-hybridized carbons (Fsp3) is 0.692. The van der Waals surface area contributed by atoms with Gasteiger partial charge in [0, 0.05) is 12.6 Å². The second-order valence-electron chi connectivity index (χ2n) is 4.83. The molecule has 2 N–H and O–H groups in total. The van der Waals surface area contributed by atoms with Crippen molar-refractivity contribution in [1.29, 1.82) is 0 Å². The summed E-state index contributed by atoms with van der Waals surface area (Å²) in [6.45, 7) is 3.78. The van der Waals surface area contributed by atoms with Gasteiger partial charge < -0.3 is 10.6 Å². The van der Waals surface area contributed by atoms with E-state index in [1.54, 1.807) is 12.5 Å². The van der Waals surface area contributed by atoms with E-state index in [-0.39, 0.29) is 0 Å². The van der Waals surface area contributed by atoms with Crippen molar-refractivity contribution < 1.29 is 0 Å². The van der Waals surface area contributed by atoms with Gasteiger partial charge in [0.05, 0.1) is 6.20 Å². The molecule has 4 nitrogen and oxygen atoms in total. The van der Waals surface area contributed by atoms with Crippen LogP contribution in [0, 0.1) is 5.92 Å². The molecule has 0 aliphatic heterocycles. The molecule has 1 saturated carbocycles. The molecule has 1 aliphatic rings. The maximum atomic E-state index is 6.21. The highest BCUT2D eigenvalue weighted by Gasteiger charge is 2.30. The van der Waals surface area contributed by atoms with Crippen LogP contribution in [0.15, 0.2) is 12.5 Å². The molecule has 100 valence electrons. The highest BCUT2D eigenvalue weighted by molar-refractivity contribution is 6.32. The van der Waals surface area contributed by atoms with E-state index in [9.17, 15) is 0 Å². The molecule has 0 saturated heterocycles. The van der Waals surface area contributed by atoms with Gasteiger partial charge in [-0.1, -0.05) is 24.4 Å². The molecule has 0 aromatic carbocycles. The molecule has 0 spiro atoms. The van der Waals surface area contributed by atoms with E-state index in [0.717, 1.165) is 18.9 Å². The Morgan fingerprint density at radius 2 is 2.22 bits per heavy atom. The Kier molecular flexibility index (Phi) is 4.78. The maximum absolute atomic E-state index is 6.21. The van der Waals surface area contributed by atoms with Gasteiger partial charge in [-0.3, -0.25) is 0 Å². The van der Waals surface area contributed by atoms with Crippen LogP contribution >= 0.6 is 11.6 Å². The normalized spacial score (nSPS) is 23.9. The minimum Gasteiger partial charge on any atom is -0.352 e. The topological polar surface area (TPSA) is 55.0 Å². The molecule has 1 fully saturated rings. The van der Waals surface area contributed by atoms with Crippen LogP contribution < -0.4 is 10.6 Å². The Labute approximate surface area is 114 Å². The van der Waals surface area contributed by atoms with E-state index < -0.39 is 0 Å². The highest BCUT2D eigenvalue weighted by atomic mass is 35.5. The molecule has 2 unspecified atom stereocenters. The average Bonchev–Trinajstić information content (AvgIpc) is 2.42. The first-order chi connectivity index (χ1) is 8.77. The fourth-order valence-corrected chi connectivity index (χ4v) is 3.15. The van der Waals surface area contributed by atoms with Crippen molar-refractivity contribution in [3.8, 4) is 0 Å². The summed E-state index contributed by atoms with van der Waals surface area (Å²) in [5, 5.41) is 0.626. The van der Waals surface area contributed by atoms with Crippen molar-refractivity contribution in [2.45, 2.75) is 38.6 Å². The molecular formula is C13H21ClN4. The summed E-state index contributed by atoms with van der Waals surface area (Å²) in [4.78, 5) is 10.6. The van der Waals surface area contributed by atoms with Crippen LogP contribution in [-0.2, 0) is 0 Å². The lowest BCUT2D eigenvalue weighted by atomic mass is 9.83. The number of rotatable bonds is 4. The molecule has 18 heavy (non-hydrogen) atoms. The molecule has 2 atom stereocenters. The van der Waals surface area contributed by atoms with Gasteiger partial charge in [-0.05, 0) is 32.2 Å². The number of aromatic nitrogens is 2. The third-order valence-electron chi connectivity index (χ3n) is 3.83. The van der Waals surface area contributed by atoms with Crippen molar-refractivity contribution in [2.24, 2.45) is 11.7 Å². The van der Waals surface area contributed by atoms with E-state index in [1.165, 1.54) is 25.7 Å². The first kappa shape index (κ1) is 13.6. The first-order valence-corrected chi connectivity index (χ1v) is 7.08. The first-order valence-electron chi connectivity index (χ1n) is 6.70. The number of anilines is 1. The molecule has 1 aromatic rings. The summed E-state index contributed by atoms with van der Waals surface area (Å²) in [6.07, 6.45) is 8.15. The number of hydrogen-bond acceptors (Lipinski definition) is 4. The summed E-state index contributed by atoms with van der Waals surface area (Å²) < 4.78 is 0. The Morgan fingerprint density at radius 1 is 1.44 bits per heavy atom. The van der Waals surface area contributed by atoms with Gasteiger partial charge in [0.1, 0.15) is 11.3 Å².